The summed E-state index contributed by atoms with van der Waals surface area (Å²) in [5, 5.41) is 4.97. The highest BCUT2D eigenvalue weighted by Gasteiger charge is 2.36. The minimum Gasteiger partial charge on any atom is -0.468 e. The van der Waals surface area contributed by atoms with Crippen LogP contribution < -0.4 is 9.47 Å². The molecule has 1 aromatic heterocycles. The number of ether oxygens (including phenoxy) is 1. The van der Waals surface area contributed by atoms with E-state index in [4.69, 9.17) is 4.74 Å². The highest BCUT2D eigenvalue weighted by Crippen LogP contribution is 2.54. The second-order valence-electron chi connectivity index (χ2n) is 7.96. The van der Waals surface area contributed by atoms with Crippen LogP contribution in [0.15, 0.2) is 92.2 Å². The molecule has 3 heterocycles. The minimum absolute atomic E-state index is 0.0605. The molecule has 0 bridgehead atoms. The summed E-state index contributed by atoms with van der Waals surface area (Å²) in [6, 6.07) is 15.1. The smallest absolute Gasteiger partial charge is 0.325 e. The quantitative estimate of drug-likeness (QED) is 0.316. The van der Waals surface area contributed by atoms with Crippen molar-refractivity contribution in [3.8, 4) is 0 Å². The predicted molar refractivity (Wildman–Crippen MR) is 141 cm³/mol. The summed E-state index contributed by atoms with van der Waals surface area (Å²) in [5.74, 6) is -0.604. The molecule has 5 rings (SSSR count). The van der Waals surface area contributed by atoms with Gasteiger partial charge in [-0.05, 0) is 18.2 Å². The molecule has 0 unspecified atom stereocenters. The van der Waals surface area contributed by atoms with E-state index in [1.54, 1.807) is 35.2 Å². The average Bonchev–Trinajstić information content (AvgIpc) is 3.51. The highest BCUT2D eigenvalue weighted by atomic mass is 32.2. The normalized spacial score (nSPS) is 18.5. The Morgan fingerprint density at radius 2 is 2.00 bits per heavy atom. The van der Waals surface area contributed by atoms with Crippen molar-refractivity contribution in [1.29, 1.82) is 0 Å². The molecule has 1 fully saturated rings. The van der Waals surface area contributed by atoms with Crippen LogP contribution in [0.4, 0.5) is 10.1 Å². The molecule has 9 heteroatoms. The summed E-state index contributed by atoms with van der Waals surface area (Å²) >= 11 is 4.71. The van der Waals surface area contributed by atoms with Gasteiger partial charge in [-0.15, -0.1) is 0 Å². The molecule has 0 saturated carbocycles. The number of fused-ring (bicyclic) bond motifs is 1. The second-order valence-corrected chi connectivity index (χ2v) is 10.9. The number of carbonyl (C=O) groups is 1. The van der Waals surface area contributed by atoms with Gasteiger partial charge in [0.1, 0.15) is 12.4 Å². The van der Waals surface area contributed by atoms with Crippen molar-refractivity contribution in [2.75, 3.05) is 25.6 Å². The number of nitrogens with zero attached hydrogens (tertiary/aromatic N) is 3. The summed E-state index contributed by atoms with van der Waals surface area (Å²) in [7, 11) is 3.35. The zero-order valence-corrected chi connectivity index (χ0v) is 21.7. The van der Waals surface area contributed by atoms with Gasteiger partial charge >= 0.3 is 5.97 Å². The van der Waals surface area contributed by atoms with E-state index < -0.39 is 0 Å². The third-order valence-electron chi connectivity index (χ3n) is 5.72. The molecule has 0 spiro atoms. The van der Waals surface area contributed by atoms with Crippen LogP contribution in [0, 0.1) is 5.82 Å². The molecule has 0 radical (unpaired) electrons. The average molecular weight is 525 g/mol. The van der Waals surface area contributed by atoms with Crippen LogP contribution in [-0.2, 0) is 16.1 Å². The van der Waals surface area contributed by atoms with E-state index in [2.05, 4.69) is 40.9 Å². The third-order valence-corrected chi connectivity index (χ3v) is 9.10. The van der Waals surface area contributed by atoms with Crippen LogP contribution in [0.25, 0.3) is 6.08 Å². The predicted octanol–water partition coefficient (Wildman–Crippen LogP) is 5.67. The van der Waals surface area contributed by atoms with Gasteiger partial charge in [-0.3, -0.25) is 4.79 Å². The first-order valence-electron chi connectivity index (χ1n) is 10.8. The van der Waals surface area contributed by atoms with E-state index >= 15 is 0 Å². The van der Waals surface area contributed by atoms with Crippen molar-refractivity contribution in [1.82, 2.24) is 4.90 Å². The summed E-state index contributed by atoms with van der Waals surface area (Å²) in [6.45, 7) is 5.12. The van der Waals surface area contributed by atoms with Gasteiger partial charge in [-0.25, -0.2) is 4.39 Å². The lowest BCUT2D eigenvalue weighted by Crippen LogP contribution is -2.34. The highest BCUT2D eigenvalue weighted by molar-refractivity contribution is 8.09. The Labute approximate surface area is 216 Å². The maximum atomic E-state index is 13.8. The molecule has 0 atom stereocenters. The number of esters is 1. The topological polar surface area (TPSA) is 36.7 Å². The minimum atomic E-state index is -0.343. The lowest BCUT2D eigenvalue weighted by atomic mass is 10.2. The maximum Gasteiger partial charge on any atom is 0.325 e. The van der Waals surface area contributed by atoms with Crippen LogP contribution in [0.3, 0.4) is 0 Å². The van der Waals surface area contributed by atoms with Gasteiger partial charge in [-0.1, -0.05) is 71.8 Å². The first-order valence-corrected chi connectivity index (χ1v) is 13.4. The Morgan fingerprint density at radius 3 is 2.77 bits per heavy atom. The SMILES string of the molecule is C=C1/C(=C2\Sc3cc(F)ccc3N2C)S/C(=C\c2scc[n+]2Cc2ccccc2)N1CC(=O)OC. The molecule has 2 aliphatic rings. The van der Waals surface area contributed by atoms with Crippen LogP contribution in [0.1, 0.15) is 10.6 Å². The summed E-state index contributed by atoms with van der Waals surface area (Å²) in [4.78, 5) is 18.0. The molecular weight excluding hydrogens is 502 g/mol. The number of aromatic nitrogens is 1. The van der Waals surface area contributed by atoms with Crippen molar-refractivity contribution < 1.29 is 18.5 Å². The van der Waals surface area contributed by atoms with Crippen molar-refractivity contribution in [3.05, 3.63) is 104 Å². The number of hydrogen-bond donors (Lipinski definition) is 0. The number of anilines is 1. The maximum absolute atomic E-state index is 13.8. The van der Waals surface area contributed by atoms with Gasteiger partial charge in [0, 0.05) is 17.5 Å². The summed E-state index contributed by atoms with van der Waals surface area (Å²) in [5.41, 5.74) is 2.88. The van der Waals surface area contributed by atoms with Crippen molar-refractivity contribution >= 4 is 52.6 Å². The van der Waals surface area contributed by atoms with E-state index in [-0.39, 0.29) is 18.3 Å². The van der Waals surface area contributed by atoms with Crippen LogP contribution in [0.5, 0.6) is 0 Å². The monoisotopic (exact) mass is 524 g/mol. The summed E-state index contributed by atoms with van der Waals surface area (Å²) < 4.78 is 21.0. The summed E-state index contributed by atoms with van der Waals surface area (Å²) in [6.07, 6.45) is 4.15. The molecule has 3 aromatic rings. The molecular formula is C26H23FN3O2S3+. The fraction of sp³-hybridized carbons (Fsp3) is 0.154. The first kappa shape index (κ1) is 23.7. The van der Waals surface area contributed by atoms with E-state index in [1.807, 2.05) is 35.0 Å². The molecule has 0 amide bonds. The van der Waals surface area contributed by atoms with Crippen LogP contribution in [-0.4, -0.2) is 31.6 Å². The number of halogens is 1. The van der Waals surface area contributed by atoms with Crippen LogP contribution >= 0.6 is 34.9 Å². The standard InChI is InChI=1S/C26H23FN3O2S3/c1-17-25(26-28(2)20-10-9-19(27)13-21(20)34-26)35-23(30(17)16-24(31)32-3)14-22-29(11-12-33-22)15-18-7-5-4-6-8-18/h4-14H,1,15-16H2,2-3H3/q+1/b26-25+. The Hall–Kier alpha value is -3.01. The van der Waals surface area contributed by atoms with Gasteiger partial charge in [0.05, 0.1) is 44.9 Å². The van der Waals surface area contributed by atoms with Crippen molar-refractivity contribution in [3.63, 3.8) is 0 Å². The number of hydrogen-bond acceptors (Lipinski definition) is 7. The molecule has 1 saturated heterocycles. The molecule has 2 aliphatic heterocycles. The van der Waals surface area contributed by atoms with Gasteiger partial charge in [0.25, 0.3) is 5.01 Å². The second kappa shape index (κ2) is 9.93. The van der Waals surface area contributed by atoms with E-state index in [9.17, 15) is 9.18 Å². The zero-order chi connectivity index (χ0) is 24.5. The zero-order valence-electron chi connectivity index (χ0n) is 19.2. The van der Waals surface area contributed by atoms with Gasteiger partial charge in [0.15, 0.2) is 12.7 Å². The van der Waals surface area contributed by atoms with E-state index in [1.165, 1.54) is 30.5 Å². The van der Waals surface area contributed by atoms with Gasteiger partial charge in [-0.2, -0.15) is 4.57 Å². The first-order chi connectivity index (χ1) is 16.9. The Kier molecular flexibility index (Phi) is 6.73. The Bertz CT molecular complexity index is 1370. The fourth-order valence-corrected chi connectivity index (χ4v) is 7.26. The third kappa shape index (κ3) is 4.76. The number of rotatable bonds is 5. The molecule has 2 aromatic carbocycles. The van der Waals surface area contributed by atoms with Crippen molar-refractivity contribution in [2.24, 2.45) is 0 Å². The molecule has 5 nitrogen and oxygen atoms in total. The number of thiazole rings is 1. The molecule has 178 valence electrons. The largest absolute Gasteiger partial charge is 0.468 e. The number of thioether (sulfide) groups is 2. The lowest BCUT2D eigenvalue weighted by molar-refractivity contribution is -0.685. The van der Waals surface area contributed by atoms with Gasteiger partial charge < -0.3 is 14.5 Å². The Balaban J connectivity index is 1.51. The van der Waals surface area contributed by atoms with Crippen molar-refractivity contribution in [2.45, 2.75) is 11.4 Å². The fourth-order valence-electron chi connectivity index (χ4n) is 3.89. The van der Waals surface area contributed by atoms with E-state index in [0.29, 0.717) is 0 Å². The number of benzene rings is 2. The lowest BCUT2D eigenvalue weighted by Gasteiger charge is -2.19. The molecule has 0 aliphatic carbocycles. The van der Waals surface area contributed by atoms with E-state index in [0.717, 1.165) is 42.8 Å². The molecule has 0 N–H and O–H groups in total. The van der Waals surface area contributed by atoms with Gasteiger partial charge in [0.2, 0.25) is 0 Å². The molecule has 35 heavy (non-hydrogen) atoms. The number of carbonyl (C=O) groups excluding carboxylic acids is 1. The number of methoxy groups -OCH3 is 1. The van der Waals surface area contributed by atoms with Crippen LogP contribution in [0.2, 0.25) is 0 Å². The Morgan fingerprint density at radius 1 is 1.20 bits per heavy atom.